The quantitative estimate of drug-likeness (QED) is 0.859. The molecule has 0 aliphatic carbocycles. The molecule has 0 radical (unpaired) electrons. The van der Waals surface area contributed by atoms with Gasteiger partial charge in [0.25, 0.3) is 5.91 Å². The zero-order valence-corrected chi connectivity index (χ0v) is 12.2. The van der Waals surface area contributed by atoms with Crippen molar-refractivity contribution >= 4 is 17.5 Å². The summed E-state index contributed by atoms with van der Waals surface area (Å²) < 4.78 is 0. The van der Waals surface area contributed by atoms with Crippen LogP contribution < -0.4 is 10.6 Å². The van der Waals surface area contributed by atoms with Crippen molar-refractivity contribution in [1.82, 2.24) is 10.2 Å². The van der Waals surface area contributed by atoms with E-state index in [9.17, 15) is 9.59 Å². The van der Waals surface area contributed by atoms with Crippen molar-refractivity contribution in [3.63, 3.8) is 0 Å². The van der Waals surface area contributed by atoms with E-state index in [0.717, 1.165) is 13.1 Å². The normalized spacial score (nSPS) is 17.6. The Morgan fingerprint density at radius 3 is 2.75 bits per heavy atom. The van der Waals surface area contributed by atoms with Gasteiger partial charge in [-0.3, -0.25) is 9.59 Å². The van der Waals surface area contributed by atoms with E-state index in [-0.39, 0.29) is 17.4 Å². The van der Waals surface area contributed by atoms with Crippen molar-refractivity contribution in [3.05, 3.63) is 29.8 Å². The molecule has 2 N–H and O–H groups in total. The molecule has 2 amide bonds. The molecule has 20 heavy (non-hydrogen) atoms. The van der Waals surface area contributed by atoms with E-state index in [4.69, 9.17) is 0 Å². The van der Waals surface area contributed by atoms with Gasteiger partial charge >= 0.3 is 0 Å². The van der Waals surface area contributed by atoms with E-state index in [2.05, 4.69) is 24.5 Å². The highest BCUT2D eigenvalue weighted by Crippen LogP contribution is 2.21. The Hall–Kier alpha value is -1.88. The summed E-state index contributed by atoms with van der Waals surface area (Å²) in [5.41, 5.74) is 1.04. The first-order chi connectivity index (χ1) is 9.40. The Kier molecular flexibility index (Phi) is 4.09. The summed E-state index contributed by atoms with van der Waals surface area (Å²) in [4.78, 5) is 25.6. The zero-order valence-electron chi connectivity index (χ0n) is 12.2. The fraction of sp³-hybridized carbons (Fsp3) is 0.467. The third kappa shape index (κ3) is 3.17. The first-order valence-corrected chi connectivity index (χ1v) is 6.80. The Balaban J connectivity index is 2.22. The van der Waals surface area contributed by atoms with Gasteiger partial charge in [0.15, 0.2) is 0 Å². The molecule has 5 heteroatoms. The molecule has 1 heterocycles. The highest BCUT2D eigenvalue weighted by molar-refractivity contribution is 5.97. The molecule has 2 rings (SSSR count). The Morgan fingerprint density at radius 1 is 1.35 bits per heavy atom. The number of amides is 2. The van der Waals surface area contributed by atoms with Crippen molar-refractivity contribution in [3.8, 4) is 0 Å². The molecule has 5 nitrogen and oxygen atoms in total. The van der Waals surface area contributed by atoms with Crippen LogP contribution >= 0.6 is 0 Å². The molecular formula is C15H21N3O2. The Bertz CT molecular complexity index is 526. The Morgan fingerprint density at radius 2 is 2.10 bits per heavy atom. The van der Waals surface area contributed by atoms with Crippen LogP contribution in [0.15, 0.2) is 24.3 Å². The molecule has 108 valence electrons. The molecule has 1 aliphatic rings. The van der Waals surface area contributed by atoms with E-state index in [0.29, 0.717) is 17.8 Å². The van der Waals surface area contributed by atoms with Gasteiger partial charge in [-0.2, -0.15) is 0 Å². The maximum Gasteiger partial charge on any atom is 0.254 e. The highest BCUT2D eigenvalue weighted by atomic mass is 16.2. The van der Waals surface area contributed by atoms with Gasteiger partial charge in [-0.15, -0.1) is 0 Å². The fourth-order valence-electron chi connectivity index (χ4n) is 2.45. The number of benzene rings is 1. The van der Waals surface area contributed by atoms with Crippen LogP contribution in [0.2, 0.25) is 0 Å². The van der Waals surface area contributed by atoms with Crippen molar-refractivity contribution in [2.45, 2.75) is 26.3 Å². The number of hydrogen-bond donors (Lipinski definition) is 2. The van der Waals surface area contributed by atoms with Crippen LogP contribution in [0.4, 0.5) is 5.69 Å². The van der Waals surface area contributed by atoms with E-state index >= 15 is 0 Å². The summed E-state index contributed by atoms with van der Waals surface area (Å²) in [5.74, 6) is -0.138. The topological polar surface area (TPSA) is 61.4 Å². The second-order valence-corrected chi connectivity index (χ2v) is 5.71. The number of piperazine rings is 1. The lowest BCUT2D eigenvalue weighted by atomic mass is 9.98. The number of rotatable bonds is 2. The number of carbonyl (C=O) groups excluding carboxylic acids is 2. The van der Waals surface area contributed by atoms with Crippen LogP contribution in [0, 0.1) is 0 Å². The SMILES string of the molecule is CC(=O)Nc1cccc(C(=O)N2CCNCC2(C)C)c1. The summed E-state index contributed by atoms with van der Waals surface area (Å²) in [5, 5.41) is 6.00. The van der Waals surface area contributed by atoms with Crippen molar-refractivity contribution < 1.29 is 9.59 Å². The van der Waals surface area contributed by atoms with Crippen molar-refractivity contribution in [2.24, 2.45) is 0 Å². The maximum absolute atomic E-state index is 12.6. The maximum atomic E-state index is 12.6. The van der Waals surface area contributed by atoms with E-state index in [1.807, 2.05) is 4.90 Å². The van der Waals surface area contributed by atoms with E-state index in [1.165, 1.54) is 6.92 Å². The average Bonchev–Trinajstić information content (AvgIpc) is 2.37. The molecule has 1 aromatic carbocycles. The lowest BCUT2D eigenvalue weighted by molar-refractivity contribution is -0.114. The van der Waals surface area contributed by atoms with Crippen molar-refractivity contribution in [1.29, 1.82) is 0 Å². The first kappa shape index (κ1) is 14.5. The van der Waals surface area contributed by atoms with Crippen LogP contribution in [-0.4, -0.2) is 41.9 Å². The summed E-state index contributed by atoms with van der Waals surface area (Å²) in [6.45, 7) is 7.83. The Labute approximate surface area is 119 Å². The minimum atomic E-state index is -0.209. The van der Waals surface area contributed by atoms with Gasteiger partial charge in [0.1, 0.15) is 0 Å². The number of hydrogen-bond acceptors (Lipinski definition) is 3. The van der Waals surface area contributed by atoms with Gasteiger partial charge in [0.2, 0.25) is 5.91 Å². The van der Waals surface area contributed by atoms with Gasteiger partial charge in [0.05, 0.1) is 5.54 Å². The minimum absolute atomic E-state index is 0.00343. The fourth-order valence-corrected chi connectivity index (χ4v) is 2.45. The van der Waals surface area contributed by atoms with Crippen LogP contribution in [0.25, 0.3) is 0 Å². The third-order valence-electron chi connectivity index (χ3n) is 3.48. The van der Waals surface area contributed by atoms with Crippen LogP contribution in [0.5, 0.6) is 0 Å². The largest absolute Gasteiger partial charge is 0.331 e. The standard InChI is InChI=1S/C15H21N3O2/c1-11(19)17-13-6-4-5-12(9-13)14(20)18-8-7-16-10-15(18,2)3/h4-6,9,16H,7-8,10H2,1-3H3,(H,17,19). The lowest BCUT2D eigenvalue weighted by Gasteiger charge is -2.42. The van der Waals surface area contributed by atoms with Gasteiger partial charge in [0, 0.05) is 37.8 Å². The molecule has 0 aromatic heterocycles. The smallest absolute Gasteiger partial charge is 0.254 e. The molecule has 1 saturated heterocycles. The van der Waals surface area contributed by atoms with E-state index in [1.54, 1.807) is 24.3 Å². The predicted molar refractivity (Wildman–Crippen MR) is 78.7 cm³/mol. The molecular weight excluding hydrogens is 254 g/mol. The number of carbonyl (C=O) groups is 2. The molecule has 1 aliphatic heterocycles. The molecule has 1 fully saturated rings. The van der Waals surface area contributed by atoms with Gasteiger partial charge in [-0.1, -0.05) is 6.07 Å². The molecule has 0 saturated carbocycles. The minimum Gasteiger partial charge on any atom is -0.331 e. The number of anilines is 1. The molecule has 0 unspecified atom stereocenters. The molecule has 0 bridgehead atoms. The number of nitrogens with zero attached hydrogens (tertiary/aromatic N) is 1. The predicted octanol–water partition coefficient (Wildman–Crippen LogP) is 1.47. The second-order valence-electron chi connectivity index (χ2n) is 5.71. The van der Waals surface area contributed by atoms with Crippen LogP contribution in [0.3, 0.4) is 0 Å². The van der Waals surface area contributed by atoms with Crippen LogP contribution in [0.1, 0.15) is 31.1 Å². The van der Waals surface area contributed by atoms with E-state index < -0.39 is 0 Å². The van der Waals surface area contributed by atoms with Gasteiger partial charge in [-0.25, -0.2) is 0 Å². The van der Waals surface area contributed by atoms with Crippen molar-refractivity contribution in [2.75, 3.05) is 25.0 Å². The molecule has 0 spiro atoms. The summed E-state index contributed by atoms with van der Waals surface area (Å²) in [6, 6.07) is 7.07. The average molecular weight is 275 g/mol. The van der Waals surface area contributed by atoms with Gasteiger partial charge in [-0.05, 0) is 32.0 Å². The number of nitrogens with one attached hydrogen (secondary N) is 2. The summed E-state index contributed by atoms with van der Waals surface area (Å²) >= 11 is 0. The third-order valence-corrected chi connectivity index (χ3v) is 3.48. The molecule has 1 aromatic rings. The molecule has 0 atom stereocenters. The first-order valence-electron chi connectivity index (χ1n) is 6.80. The highest BCUT2D eigenvalue weighted by Gasteiger charge is 2.33. The second kappa shape index (κ2) is 5.63. The lowest BCUT2D eigenvalue weighted by Crippen LogP contribution is -2.59. The van der Waals surface area contributed by atoms with Gasteiger partial charge < -0.3 is 15.5 Å². The monoisotopic (exact) mass is 275 g/mol. The zero-order chi connectivity index (χ0) is 14.8. The summed E-state index contributed by atoms with van der Waals surface area (Å²) in [7, 11) is 0. The van der Waals surface area contributed by atoms with Crippen LogP contribution in [-0.2, 0) is 4.79 Å². The summed E-state index contributed by atoms with van der Waals surface area (Å²) in [6.07, 6.45) is 0.